The second kappa shape index (κ2) is 10.2. The van der Waals surface area contributed by atoms with Crippen molar-refractivity contribution in [3.8, 4) is 0 Å². The lowest BCUT2D eigenvalue weighted by atomic mass is 9.87. The number of aryl methyl sites for hydroxylation is 1. The summed E-state index contributed by atoms with van der Waals surface area (Å²) in [4.78, 5) is 26.9. The van der Waals surface area contributed by atoms with Gasteiger partial charge < -0.3 is 10.2 Å². The standard InChI is InChI=1S/C24H28ClN3O4S/c25-19-8-10-20(11-9-19)33(31,32)28-16-14-27(15-17-28)24(30)13-12-23(29)26-22-7-3-5-18-4-1-2-6-21(18)22/h1-2,4,6,8-11,22H,3,5,7,12-17H2,(H,26,29)/t22-/m1/s1. The van der Waals surface area contributed by atoms with Crippen LogP contribution >= 0.6 is 11.6 Å². The minimum absolute atomic E-state index is 0.000767. The highest BCUT2D eigenvalue weighted by molar-refractivity contribution is 7.89. The lowest BCUT2D eigenvalue weighted by Crippen LogP contribution is -2.50. The van der Waals surface area contributed by atoms with E-state index in [0.717, 1.165) is 19.3 Å². The third-order valence-corrected chi connectivity index (χ3v) is 8.48. The first kappa shape index (κ1) is 23.7. The molecular formula is C24H28ClN3O4S. The number of hydrogen-bond acceptors (Lipinski definition) is 4. The molecule has 0 unspecified atom stereocenters. The zero-order valence-electron chi connectivity index (χ0n) is 18.4. The van der Waals surface area contributed by atoms with E-state index in [1.807, 2.05) is 12.1 Å². The van der Waals surface area contributed by atoms with Gasteiger partial charge in [-0.1, -0.05) is 35.9 Å². The number of nitrogens with one attached hydrogen (secondary N) is 1. The van der Waals surface area contributed by atoms with Crippen molar-refractivity contribution >= 4 is 33.4 Å². The molecule has 0 radical (unpaired) electrons. The van der Waals surface area contributed by atoms with Crippen LogP contribution in [0.3, 0.4) is 0 Å². The monoisotopic (exact) mass is 489 g/mol. The lowest BCUT2D eigenvalue weighted by Gasteiger charge is -2.34. The number of hydrogen-bond donors (Lipinski definition) is 1. The predicted molar refractivity (Wildman–Crippen MR) is 126 cm³/mol. The fraction of sp³-hybridized carbons (Fsp3) is 0.417. The van der Waals surface area contributed by atoms with E-state index in [0.29, 0.717) is 18.1 Å². The normalized spacial score (nSPS) is 19.1. The molecule has 0 saturated carbocycles. The van der Waals surface area contributed by atoms with Crippen LogP contribution in [0.1, 0.15) is 42.9 Å². The maximum Gasteiger partial charge on any atom is 0.243 e. The molecule has 1 N–H and O–H groups in total. The number of piperazine rings is 1. The molecule has 1 fully saturated rings. The highest BCUT2D eigenvalue weighted by Crippen LogP contribution is 2.29. The quantitative estimate of drug-likeness (QED) is 0.675. The smallest absolute Gasteiger partial charge is 0.243 e. The molecule has 1 aliphatic carbocycles. The third kappa shape index (κ3) is 5.57. The topological polar surface area (TPSA) is 86.8 Å². The van der Waals surface area contributed by atoms with Crippen LogP contribution in [0.25, 0.3) is 0 Å². The van der Waals surface area contributed by atoms with Crippen LogP contribution < -0.4 is 5.32 Å². The highest BCUT2D eigenvalue weighted by Gasteiger charge is 2.30. The van der Waals surface area contributed by atoms with E-state index in [9.17, 15) is 18.0 Å². The van der Waals surface area contributed by atoms with Gasteiger partial charge in [0.1, 0.15) is 0 Å². The number of fused-ring (bicyclic) bond motifs is 1. The zero-order valence-corrected chi connectivity index (χ0v) is 19.9. The van der Waals surface area contributed by atoms with Gasteiger partial charge in [0.15, 0.2) is 0 Å². The summed E-state index contributed by atoms with van der Waals surface area (Å²) in [7, 11) is -3.62. The Hall–Kier alpha value is -2.42. The Morgan fingerprint density at radius 3 is 2.39 bits per heavy atom. The summed E-state index contributed by atoms with van der Waals surface area (Å²) in [6.07, 6.45) is 3.20. The van der Waals surface area contributed by atoms with Gasteiger partial charge in [-0.25, -0.2) is 8.42 Å². The van der Waals surface area contributed by atoms with Crippen LogP contribution in [0.15, 0.2) is 53.4 Å². The Kier molecular flexibility index (Phi) is 7.36. The first-order valence-corrected chi connectivity index (χ1v) is 13.1. The summed E-state index contributed by atoms with van der Waals surface area (Å²) < 4.78 is 27.0. The van der Waals surface area contributed by atoms with E-state index >= 15 is 0 Å². The van der Waals surface area contributed by atoms with Crippen molar-refractivity contribution in [3.63, 3.8) is 0 Å². The number of halogens is 1. The molecular weight excluding hydrogens is 462 g/mol. The van der Waals surface area contributed by atoms with Crippen LogP contribution in [0, 0.1) is 0 Å². The molecule has 2 amide bonds. The molecule has 1 aliphatic heterocycles. The molecule has 1 heterocycles. The maximum atomic E-state index is 12.8. The minimum Gasteiger partial charge on any atom is -0.349 e. The van der Waals surface area contributed by atoms with Gasteiger partial charge in [-0.05, 0) is 54.7 Å². The molecule has 176 valence electrons. The van der Waals surface area contributed by atoms with E-state index in [4.69, 9.17) is 11.6 Å². The molecule has 2 aliphatic rings. The Labute approximate surface area is 199 Å². The summed E-state index contributed by atoms with van der Waals surface area (Å²) >= 11 is 5.85. The van der Waals surface area contributed by atoms with E-state index in [1.54, 1.807) is 17.0 Å². The van der Waals surface area contributed by atoms with Crippen molar-refractivity contribution < 1.29 is 18.0 Å². The highest BCUT2D eigenvalue weighted by atomic mass is 35.5. The van der Waals surface area contributed by atoms with E-state index in [-0.39, 0.29) is 48.7 Å². The molecule has 7 nitrogen and oxygen atoms in total. The minimum atomic E-state index is -3.62. The Morgan fingerprint density at radius 2 is 1.67 bits per heavy atom. The van der Waals surface area contributed by atoms with Crippen LogP contribution in [-0.2, 0) is 26.0 Å². The molecule has 0 spiro atoms. The molecule has 33 heavy (non-hydrogen) atoms. The number of amides is 2. The molecule has 2 aromatic rings. The van der Waals surface area contributed by atoms with E-state index in [1.165, 1.54) is 27.6 Å². The average Bonchev–Trinajstić information content (AvgIpc) is 2.83. The molecule has 1 atom stereocenters. The van der Waals surface area contributed by atoms with Gasteiger partial charge in [0, 0.05) is 44.0 Å². The van der Waals surface area contributed by atoms with Gasteiger partial charge in [0.2, 0.25) is 21.8 Å². The van der Waals surface area contributed by atoms with Crippen molar-refractivity contribution in [1.29, 1.82) is 0 Å². The van der Waals surface area contributed by atoms with Gasteiger partial charge in [0.25, 0.3) is 0 Å². The number of carbonyl (C=O) groups excluding carboxylic acids is 2. The van der Waals surface area contributed by atoms with Crippen molar-refractivity contribution in [1.82, 2.24) is 14.5 Å². The Balaban J connectivity index is 1.25. The van der Waals surface area contributed by atoms with E-state index < -0.39 is 10.0 Å². The summed E-state index contributed by atoms with van der Waals surface area (Å²) in [5.74, 6) is -0.258. The second-order valence-electron chi connectivity index (χ2n) is 8.45. The molecule has 4 rings (SSSR count). The molecule has 1 saturated heterocycles. The number of nitrogens with zero attached hydrogens (tertiary/aromatic N) is 2. The number of sulfonamides is 1. The van der Waals surface area contributed by atoms with Crippen molar-refractivity contribution in [2.45, 2.75) is 43.0 Å². The fourth-order valence-electron chi connectivity index (χ4n) is 4.48. The van der Waals surface area contributed by atoms with Gasteiger partial charge in [-0.3, -0.25) is 9.59 Å². The summed E-state index contributed by atoms with van der Waals surface area (Å²) in [6, 6.07) is 14.2. The Morgan fingerprint density at radius 1 is 0.970 bits per heavy atom. The molecule has 9 heteroatoms. The number of carbonyl (C=O) groups is 2. The molecule has 0 aromatic heterocycles. The third-order valence-electron chi connectivity index (χ3n) is 6.31. The van der Waals surface area contributed by atoms with Gasteiger partial charge >= 0.3 is 0 Å². The Bertz CT molecular complexity index is 1110. The van der Waals surface area contributed by atoms with Crippen LogP contribution in [0.2, 0.25) is 5.02 Å². The van der Waals surface area contributed by atoms with Gasteiger partial charge in [-0.15, -0.1) is 0 Å². The van der Waals surface area contributed by atoms with Gasteiger partial charge in [-0.2, -0.15) is 4.31 Å². The molecule has 2 aromatic carbocycles. The van der Waals surface area contributed by atoms with Crippen molar-refractivity contribution in [2.24, 2.45) is 0 Å². The van der Waals surface area contributed by atoms with E-state index in [2.05, 4.69) is 17.4 Å². The summed E-state index contributed by atoms with van der Waals surface area (Å²) in [5, 5.41) is 3.55. The lowest BCUT2D eigenvalue weighted by molar-refractivity contribution is -0.134. The average molecular weight is 490 g/mol. The first-order chi connectivity index (χ1) is 15.8. The number of benzene rings is 2. The van der Waals surface area contributed by atoms with Crippen molar-refractivity contribution in [3.05, 3.63) is 64.7 Å². The zero-order chi connectivity index (χ0) is 23.4. The van der Waals surface area contributed by atoms with Crippen LogP contribution in [0.5, 0.6) is 0 Å². The summed E-state index contributed by atoms with van der Waals surface area (Å²) in [5.41, 5.74) is 2.44. The first-order valence-electron chi connectivity index (χ1n) is 11.3. The fourth-order valence-corrected chi connectivity index (χ4v) is 6.03. The van der Waals surface area contributed by atoms with Crippen LogP contribution in [0.4, 0.5) is 0 Å². The number of rotatable bonds is 6. The SMILES string of the molecule is O=C(CCC(=O)N1CCN(S(=O)(=O)c2ccc(Cl)cc2)CC1)N[C@@H]1CCCc2ccccc21. The largest absolute Gasteiger partial charge is 0.349 e. The maximum absolute atomic E-state index is 12.8. The summed E-state index contributed by atoms with van der Waals surface area (Å²) in [6.45, 7) is 1.07. The second-order valence-corrected chi connectivity index (χ2v) is 10.8. The molecule has 0 bridgehead atoms. The van der Waals surface area contributed by atoms with Crippen LogP contribution in [-0.4, -0.2) is 55.6 Å². The predicted octanol–water partition coefficient (Wildman–Crippen LogP) is 3.15. The van der Waals surface area contributed by atoms with Crippen molar-refractivity contribution in [2.75, 3.05) is 26.2 Å². The van der Waals surface area contributed by atoms with Gasteiger partial charge in [0.05, 0.1) is 10.9 Å².